The molecule has 0 aliphatic rings. The summed E-state index contributed by atoms with van der Waals surface area (Å²) in [5, 5.41) is 18.7. The summed E-state index contributed by atoms with van der Waals surface area (Å²) in [6.07, 6.45) is 1.29. The van der Waals surface area contributed by atoms with E-state index in [9.17, 15) is 4.79 Å². The van der Waals surface area contributed by atoms with Crippen molar-refractivity contribution in [2.24, 2.45) is 16.5 Å². The molecule has 0 spiro atoms. The lowest BCUT2D eigenvalue weighted by Gasteiger charge is -2.28. The Morgan fingerprint density at radius 3 is 2.56 bits per heavy atom. The summed E-state index contributed by atoms with van der Waals surface area (Å²) in [6, 6.07) is 0. The molecule has 18 heavy (non-hydrogen) atoms. The van der Waals surface area contributed by atoms with Gasteiger partial charge in [-0.1, -0.05) is 25.9 Å². The van der Waals surface area contributed by atoms with Crippen molar-refractivity contribution in [1.29, 1.82) is 0 Å². The molecule has 1 heterocycles. The molecule has 1 atom stereocenters. The van der Waals surface area contributed by atoms with Crippen LogP contribution in [0.2, 0.25) is 5.28 Å². The summed E-state index contributed by atoms with van der Waals surface area (Å²) < 4.78 is 1.19. The first-order valence-corrected chi connectivity index (χ1v) is 5.70. The Balaban J connectivity index is 3.23. The van der Waals surface area contributed by atoms with Crippen molar-refractivity contribution in [2.45, 2.75) is 20.8 Å². The van der Waals surface area contributed by atoms with E-state index in [1.54, 1.807) is 0 Å². The zero-order valence-corrected chi connectivity index (χ0v) is 11.4. The first-order valence-electron chi connectivity index (χ1n) is 5.32. The molecule has 0 fully saturated rings. The monoisotopic (exact) mass is 273 g/mol. The molecule has 0 aromatic carbocycles. The fraction of sp³-hybridized carbons (Fsp3) is 0.600. The van der Waals surface area contributed by atoms with Crippen LogP contribution in [0.5, 0.6) is 0 Å². The van der Waals surface area contributed by atoms with Gasteiger partial charge in [0.1, 0.15) is 12.2 Å². The highest BCUT2D eigenvalue weighted by Gasteiger charge is 2.37. The van der Waals surface area contributed by atoms with Crippen molar-refractivity contribution < 1.29 is 10.0 Å². The van der Waals surface area contributed by atoms with Gasteiger partial charge in [-0.15, -0.1) is 5.10 Å². The van der Waals surface area contributed by atoms with Crippen molar-refractivity contribution in [1.82, 2.24) is 20.1 Å². The van der Waals surface area contributed by atoms with E-state index in [0.717, 1.165) is 0 Å². The number of hydrogen-bond acceptors (Lipinski definition) is 5. The first kappa shape index (κ1) is 14.4. The summed E-state index contributed by atoms with van der Waals surface area (Å²) in [4.78, 5) is 15.7. The van der Waals surface area contributed by atoms with Crippen molar-refractivity contribution in [3.8, 4) is 0 Å². The fourth-order valence-electron chi connectivity index (χ4n) is 1.63. The van der Waals surface area contributed by atoms with Gasteiger partial charge in [0.25, 0.3) is 0 Å². The van der Waals surface area contributed by atoms with Crippen molar-refractivity contribution in [3.05, 3.63) is 11.6 Å². The summed E-state index contributed by atoms with van der Waals surface area (Å²) in [6.45, 7) is 5.57. The van der Waals surface area contributed by atoms with Crippen LogP contribution in [-0.2, 0) is 4.79 Å². The van der Waals surface area contributed by atoms with Gasteiger partial charge in [0, 0.05) is 7.05 Å². The Bertz CT molecular complexity index is 463. The van der Waals surface area contributed by atoms with E-state index in [0.29, 0.717) is 0 Å². The predicted octanol–water partition coefficient (Wildman–Crippen LogP) is 0.976. The van der Waals surface area contributed by atoms with E-state index in [2.05, 4.69) is 20.6 Å². The molecule has 100 valence electrons. The average molecular weight is 274 g/mol. The highest BCUT2D eigenvalue weighted by molar-refractivity contribution is 6.28. The molecule has 1 rings (SSSR count). The van der Waals surface area contributed by atoms with Gasteiger partial charge >= 0.3 is 0 Å². The molecule has 0 bridgehead atoms. The topological polar surface area (TPSA) is 92.4 Å². The molecule has 8 heteroatoms. The van der Waals surface area contributed by atoms with Gasteiger partial charge in [0.2, 0.25) is 11.2 Å². The Kier molecular flexibility index (Phi) is 4.28. The number of amides is 1. The molecule has 0 aliphatic carbocycles. The smallest absolute Gasteiger partial charge is 0.242 e. The quantitative estimate of drug-likeness (QED) is 0.363. The maximum Gasteiger partial charge on any atom is 0.242 e. The minimum absolute atomic E-state index is 0.0146. The second kappa shape index (κ2) is 5.34. The third-order valence-corrected chi connectivity index (χ3v) is 2.61. The summed E-state index contributed by atoms with van der Waals surface area (Å²) in [5.74, 6) is -0.895. The number of carbonyl (C=O) groups is 1. The molecular weight excluding hydrogens is 258 g/mol. The van der Waals surface area contributed by atoms with Gasteiger partial charge < -0.3 is 10.5 Å². The van der Waals surface area contributed by atoms with Crippen molar-refractivity contribution >= 4 is 23.3 Å². The summed E-state index contributed by atoms with van der Waals surface area (Å²) in [5.41, 5.74) is -0.458. The van der Waals surface area contributed by atoms with Crippen LogP contribution in [0, 0.1) is 11.3 Å². The molecule has 0 saturated heterocycles. The zero-order valence-electron chi connectivity index (χ0n) is 10.7. The SMILES string of the molecule is CNC(=O)C(C(=NO)n1cnc(Cl)n1)C(C)(C)C. The van der Waals surface area contributed by atoms with E-state index in [1.165, 1.54) is 18.1 Å². The van der Waals surface area contributed by atoms with Gasteiger partial charge in [-0.3, -0.25) is 4.79 Å². The van der Waals surface area contributed by atoms with Crippen LogP contribution in [0.25, 0.3) is 0 Å². The van der Waals surface area contributed by atoms with Gasteiger partial charge in [-0.05, 0) is 17.0 Å². The van der Waals surface area contributed by atoms with E-state index < -0.39 is 11.3 Å². The number of oxime groups is 1. The maximum atomic E-state index is 11.9. The second-order valence-corrected chi connectivity index (χ2v) is 5.17. The normalized spacial score (nSPS) is 14.4. The van der Waals surface area contributed by atoms with Crippen LogP contribution in [0.3, 0.4) is 0 Å². The third kappa shape index (κ3) is 2.98. The zero-order chi connectivity index (χ0) is 13.9. The second-order valence-electron chi connectivity index (χ2n) is 4.83. The number of nitrogens with zero attached hydrogens (tertiary/aromatic N) is 4. The molecule has 1 aromatic heterocycles. The van der Waals surface area contributed by atoms with Crippen LogP contribution in [0.4, 0.5) is 0 Å². The lowest BCUT2D eigenvalue weighted by atomic mass is 9.79. The van der Waals surface area contributed by atoms with Crippen molar-refractivity contribution in [3.63, 3.8) is 0 Å². The van der Waals surface area contributed by atoms with Gasteiger partial charge in [-0.25, -0.2) is 9.67 Å². The number of rotatable bonds is 2. The average Bonchev–Trinajstić information content (AvgIpc) is 2.69. The van der Waals surface area contributed by atoms with E-state index in [4.69, 9.17) is 16.8 Å². The van der Waals surface area contributed by atoms with Crippen LogP contribution < -0.4 is 5.32 Å². The molecule has 0 radical (unpaired) electrons. The number of nitrogens with one attached hydrogen (secondary N) is 1. The van der Waals surface area contributed by atoms with Crippen LogP contribution in [-0.4, -0.2) is 38.8 Å². The van der Waals surface area contributed by atoms with Crippen LogP contribution in [0.1, 0.15) is 20.8 Å². The molecule has 7 nitrogen and oxygen atoms in total. The van der Waals surface area contributed by atoms with Gasteiger partial charge in [0.15, 0.2) is 5.84 Å². The number of halogens is 1. The highest BCUT2D eigenvalue weighted by Crippen LogP contribution is 2.28. The number of aromatic nitrogens is 3. The maximum absolute atomic E-state index is 11.9. The Morgan fingerprint density at radius 1 is 1.61 bits per heavy atom. The van der Waals surface area contributed by atoms with E-state index in [-0.39, 0.29) is 17.0 Å². The van der Waals surface area contributed by atoms with Gasteiger partial charge in [-0.2, -0.15) is 0 Å². The van der Waals surface area contributed by atoms with Crippen LogP contribution >= 0.6 is 11.6 Å². The molecular formula is C10H16ClN5O2. The lowest BCUT2D eigenvalue weighted by Crippen LogP contribution is -2.44. The molecule has 1 unspecified atom stereocenters. The number of hydrogen-bond donors (Lipinski definition) is 2. The minimum Gasteiger partial charge on any atom is -0.409 e. The predicted molar refractivity (Wildman–Crippen MR) is 66.7 cm³/mol. The summed E-state index contributed by atoms with van der Waals surface area (Å²) in [7, 11) is 1.52. The first-order chi connectivity index (χ1) is 8.31. The fourth-order valence-corrected chi connectivity index (χ4v) is 1.76. The largest absolute Gasteiger partial charge is 0.409 e. The Labute approximate surface area is 110 Å². The Hall–Kier alpha value is -1.63. The lowest BCUT2D eigenvalue weighted by molar-refractivity contribution is -0.125. The third-order valence-electron chi connectivity index (χ3n) is 2.43. The minimum atomic E-state index is -0.690. The van der Waals surface area contributed by atoms with E-state index in [1.807, 2.05) is 20.8 Å². The molecule has 0 saturated carbocycles. The molecule has 1 aromatic rings. The van der Waals surface area contributed by atoms with Gasteiger partial charge in [0.05, 0.1) is 0 Å². The van der Waals surface area contributed by atoms with Crippen molar-refractivity contribution in [2.75, 3.05) is 7.05 Å². The molecule has 2 N–H and O–H groups in total. The number of carbonyl (C=O) groups excluding carboxylic acids is 1. The Morgan fingerprint density at radius 2 is 2.22 bits per heavy atom. The van der Waals surface area contributed by atoms with Crippen LogP contribution in [0.15, 0.2) is 11.5 Å². The summed E-state index contributed by atoms with van der Waals surface area (Å²) >= 11 is 5.61. The molecule has 1 amide bonds. The van der Waals surface area contributed by atoms with E-state index >= 15 is 0 Å². The highest BCUT2D eigenvalue weighted by atomic mass is 35.5. The standard InChI is InChI=1S/C10H16ClN5O2/c1-10(2,3)6(8(17)12-4)7(15-18)16-5-13-9(11)14-16/h5-6,18H,1-4H3,(H,12,17). The molecule has 0 aliphatic heterocycles.